The summed E-state index contributed by atoms with van der Waals surface area (Å²) in [4.78, 5) is 8.66. The SMILES string of the molecule is CCNCc1cc(-n2ccnc2CC)ncc1Cl. The number of imidazole rings is 1. The van der Waals surface area contributed by atoms with Crippen molar-refractivity contribution in [3.63, 3.8) is 0 Å². The fourth-order valence-corrected chi connectivity index (χ4v) is 1.97. The first kappa shape index (κ1) is 13.1. The van der Waals surface area contributed by atoms with Crippen LogP contribution in [0.3, 0.4) is 0 Å². The molecule has 0 aliphatic rings. The summed E-state index contributed by atoms with van der Waals surface area (Å²) in [5, 5.41) is 3.96. The zero-order valence-corrected chi connectivity index (χ0v) is 11.4. The minimum absolute atomic E-state index is 0.692. The van der Waals surface area contributed by atoms with E-state index >= 15 is 0 Å². The molecule has 0 radical (unpaired) electrons. The van der Waals surface area contributed by atoms with Crippen LogP contribution in [-0.4, -0.2) is 21.1 Å². The van der Waals surface area contributed by atoms with Gasteiger partial charge in [-0.1, -0.05) is 25.4 Å². The van der Waals surface area contributed by atoms with Gasteiger partial charge in [0.15, 0.2) is 0 Å². The molecule has 2 rings (SSSR count). The highest BCUT2D eigenvalue weighted by Crippen LogP contribution is 2.18. The number of nitrogens with one attached hydrogen (secondary N) is 1. The van der Waals surface area contributed by atoms with Gasteiger partial charge in [-0.05, 0) is 18.2 Å². The molecule has 18 heavy (non-hydrogen) atoms. The maximum absolute atomic E-state index is 6.14. The molecule has 0 saturated carbocycles. The Bertz CT molecular complexity index is 521. The largest absolute Gasteiger partial charge is 0.313 e. The monoisotopic (exact) mass is 264 g/mol. The molecule has 0 spiro atoms. The fourth-order valence-electron chi connectivity index (χ4n) is 1.80. The van der Waals surface area contributed by atoms with Crippen molar-refractivity contribution in [3.05, 3.63) is 41.1 Å². The first-order chi connectivity index (χ1) is 8.76. The van der Waals surface area contributed by atoms with Gasteiger partial charge in [-0.2, -0.15) is 0 Å². The normalized spacial score (nSPS) is 10.8. The molecule has 5 heteroatoms. The van der Waals surface area contributed by atoms with E-state index in [0.29, 0.717) is 5.02 Å². The molecule has 4 nitrogen and oxygen atoms in total. The summed E-state index contributed by atoms with van der Waals surface area (Å²) in [6, 6.07) is 2.01. The lowest BCUT2D eigenvalue weighted by Gasteiger charge is -2.09. The molecule has 2 heterocycles. The third-order valence-corrected chi connectivity index (χ3v) is 3.11. The van der Waals surface area contributed by atoms with Crippen molar-refractivity contribution in [3.8, 4) is 5.82 Å². The zero-order valence-electron chi connectivity index (χ0n) is 10.7. The van der Waals surface area contributed by atoms with E-state index < -0.39 is 0 Å². The van der Waals surface area contributed by atoms with Crippen molar-refractivity contribution in [2.45, 2.75) is 26.8 Å². The first-order valence-electron chi connectivity index (χ1n) is 6.14. The minimum atomic E-state index is 0.692. The first-order valence-corrected chi connectivity index (χ1v) is 6.51. The van der Waals surface area contributed by atoms with Crippen molar-refractivity contribution in [2.24, 2.45) is 0 Å². The molecule has 0 aromatic carbocycles. The number of nitrogens with zero attached hydrogens (tertiary/aromatic N) is 3. The molecular weight excluding hydrogens is 248 g/mol. The Kier molecular flexibility index (Phi) is 4.33. The maximum atomic E-state index is 6.14. The average molecular weight is 265 g/mol. The Hall–Kier alpha value is -1.39. The zero-order chi connectivity index (χ0) is 13.0. The number of hydrogen-bond acceptors (Lipinski definition) is 3. The fraction of sp³-hybridized carbons (Fsp3) is 0.385. The smallest absolute Gasteiger partial charge is 0.138 e. The van der Waals surface area contributed by atoms with Crippen LogP contribution < -0.4 is 5.32 Å². The van der Waals surface area contributed by atoms with Gasteiger partial charge < -0.3 is 5.32 Å². The Morgan fingerprint density at radius 2 is 2.17 bits per heavy atom. The lowest BCUT2D eigenvalue weighted by Crippen LogP contribution is -2.13. The molecule has 0 amide bonds. The summed E-state index contributed by atoms with van der Waals surface area (Å²) in [5.41, 5.74) is 1.05. The third kappa shape index (κ3) is 2.71. The van der Waals surface area contributed by atoms with Gasteiger partial charge in [-0.15, -0.1) is 0 Å². The quantitative estimate of drug-likeness (QED) is 0.903. The van der Waals surface area contributed by atoms with E-state index in [1.54, 1.807) is 12.4 Å². The van der Waals surface area contributed by atoms with E-state index in [1.165, 1.54) is 0 Å². The van der Waals surface area contributed by atoms with Crippen molar-refractivity contribution in [2.75, 3.05) is 6.54 Å². The van der Waals surface area contributed by atoms with Crippen LogP contribution in [0.25, 0.3) is 5.82 Å². The number of rotatable bonds is 5. The maximum Gasteiger partial charge on any atom is 0.138 e. The van der Waals surface area contributed by atoms with Gasteiger partial charge in [0.1, 0.15) is 11.6 Å². The number of halogens is 1. The van der Waals surface area contributed by atoms with Gasteiger partial charge in [0.05, 0.1) is 5.02 Å². The van der Waals surface area contributed by atoms with Crippen molar-refractivity contribution in [1.82, 2.24) is 19.9 Å². The van der Waals surface area contributed by atoms with E-state index in [-0.39, 0.29) is 0 Å². The summed E-state index contributed by atoms with van der Waals surface area (Å²) in [7, 11) is 0. The minimum Gasteiger partial charge on any atom is -0.313 e. The molecule has 0 fully saturated rings. The number of hydrogen-bond donors (Lipinski definition) is 1. The van der Waals surface area contributed by atoms with Crippen molar-refractivity contribution >= 4 is 11.6 Å². The summed E-state index contributed by atoms with van der Waals surface area (Å²) in [6.45, 7) is 5.82. The van der Waals surface area contributed by atoms with Crippen LogP contribution >= 0.6 is 11.6 Å². The van der Waals surface area contributed by atoms with Crippen LogP contribution in [0.5, 0.6) is 0 Å². The second-order valence-electron chi connectivity index (χ2n) is 3.98. The van der Waals surface area contributed by atoms with E-state index in [2.05, 4.69) is 29.1 Å². The summed E-state index contributed by atoms with van der Waals surface area (Å²) in [5.74, 6) is 1.86. The van der Waals surface area contributed by atoms with Crippen molar-refractivity contribution < 1.29 is 0 Å². The highest BCUT2D eigenvalue weighted by atomic mass is 35.5. The number of aryl methyl sites for hydroxylation is 1. The van der Waals surface area contributed by atoms with E-state index in [9.17, 15) is 0 Å². The topological polar surface area (TPSA) is 42.7 Å². The Balaban J connectivity index is 2.34. The molecule has 2 aromatic rings. The second kappa shape index (κ2) is 5.98. The van der Waals surface area contributed by atoms with Gasteiger partial charge in [-0.25, -0.2) is 9.97 Å². The summed E-state index contributed by atoms with van der Waals surface area (Å²) in [6.07, 6.45) is 6.29. The molecule has 0 aliphatic heterocycles. The van der Waals surface area contributed by atoms with Crippen LogP contribution in [0, 0.1) is 0 Å². The lowest BCUT2D eigenvalue weighted by atomic mass is 10.2. The summed E-state index contributed by atoms with van der Waals surface area (Å²) < 4.78 is 1.99. The summed E-state index contributed by atoms with van der Waals surface area (Å²) >= 11 is 6.14. The molecule has 2 aromatic heterocycles. The van der Waals surface area contributed by atoms with Gasteiger partial charge >= 0.3 is 0 Å². The van der Waals surface area contributed by atoms with Gasteiger partial charge in [-0.3, -0.25) is 4.57 Å². The predicted octanol–water partition coefficient (Wildman–Crippen LogP) is 2.59. The number of aromatic nitrogens is 3. The van der Waals surface area contributed by atoms with Crippen molar-refractivity contribution in [1.29, 1.82) is 0 Å². The Labute approximate surface area is 112 Å². The van der Waals surface area contributed by atoms with E-state index in [4.69, 9.17) is 11.6 Å². The van der Waals surface area contributed by atoms with E-state index in [0.717, 1.165) is 36.7 Å². The highest BCUT2D eigenvalue weighted by molar-refractivity contribution is 6.31. The van der Waals surface area contributed by atoms with Gasteiger partial charge in [0.2, 0.25) is 0 Å². The second-order valence-corrected chi connectivity index (χ2v) is 4.39. The predicted molar refractivity (Wildman–Crippen MR) is 73.1 cm³/mol. The molecule has 1 N–H and O–H groups in total. The lowest BCUT2D eigenvalue weighted by molar-refractivity contribution is 0.724. The highest BCUT2D eigenvalue weighted by Gasteiger charge is 2.07. The molecular formula is C13H17ClN4. The van der Waals surface area contributed by atoms with Crippen LogP contribution in [0.15, 0.2) is 24.7 Å². The van der Waals surface area contributed by atoms with E-state index in [1.807, 2.05) is 16.8 Å². The standard InChI is InChI=1S/C13H17ClN4/c1-3-12-16-5-6-18(12)13-7-10(8-15-4-2)11(14)9-17-13/h5-7,9,15H,3-4,8H2,1-2H3. The molecule has 96 valence electrons. The van der Waals surface area contributed by atoms with Crippen LogP contribution in [-0.2, 0) is 13.0 Å². The average Bonchev–Trinajstić information content (AvgIpc) is 2.86. The van der Waals surface area contributed by atoms with Crippen LogP contribution in [0.1, 0.15) is 25.2 Å². The molecule has 0 atom stereocenters. The van der Waals surface area contributed by atoms with Crippen LogP contribution in [0.4, 0.5) is 0 Å². The Morgan fingerprint density at radius 1 is 1.33 bits per heavy atom. The third-order valence-electron chi connectivity index (χ3n) is 2.77. The number of pyridine rings is 1. The molecule has 0 saturated heterocycles. The van der Waals surface area contributed by atoms with Gasteiger partial charge in [0.25, 0.3) is 0 Å². The molecule has 0 aliphatic carbocycles. The molecule has 0 unspecified atom stereocenters. The Morgan fingerprint density at radius 3 is 2.89 bits per heavy atom. The van der Waals surface area contributed by atoms with Gasteiger partial charge in [0, 0.05) is 31.6 Å². The van der Waals surface area contributed by atoms with Crippen LogP contribution in [0.2, 0.25) is 5.02 Å². The molecule has 0 bridgehead atoms.